The summed E-state index contributed by atoms with van der Waals surface area (Å²) in [6.45, 7) is 2.04. The number of halogens is 6. The van der Waals surface area contributed by atoms with E-state index in [1.54, 1.807) is 0 Å². The molecule has 10 nitrogen and oxygen atoms in total. The SMILES string of the molecule is O=S(=O)([O-])C(F)(F)F.O=S(=O)([O-])C(F)(F)F.c1ccc2c(c1)n[se][n+]2CC[n+]1[se]nc2ccccc21. The molecule has 4 aromatic rings. The summed E-state index contributed by atoms with van der Waals surface area (Å²) >= 11 is 0.403. The Balaban J connectivity index is 0.000000239. The van der Waals surface area contributed by atoms with Gasteiger partial charge in [0.15, 0.2) is 20.2 Å². The van der Waals surface area contributed by atoms with E-state index < -0.39 is 31.3 Å². The Morgan fingerprint density at radius 2 is 0.944 bits per heavy atom. The number of benzene rings is 2. The van der Waals surface area contributed by atoms with E-state index >= 15 is 0 Å². The van der Waals surface area contributed by atoms with Crippen molar-refractivity contribution in [3.63, 3.8) is 0 Å². The molecule has 0 spiro atoms. The monoisotopic (exact) mass is 694 g/mol. The predicted molar refractivity (Wildman–Crippen MR) is 109 cm³/mol. The number of hydrogen-bond acceptors (Lipinski definition) is 8. The van der Waals surface area contributed by atoms with Gasteiger partial charge in [0.2, 0.25) is 0 Å². The maximum atomic E-state index is 10.7. The molecule has 0 saturated carbocycles. The zero-order chi connectivity index (χ0) is 27.4. The van der Waals surface area contributed by atoms with Gasteiger partial charge in [0.25, 0.3) is 0 Å². The first-order chi connectivity index (χ1) is 16.4. The summed E-state index contributed by atoms with van der Waals surface area (Å²) < 4.78 is 132. The van der Waals surface area contributed by atoms with Gasteiger partial charge in [0, 0.05) is 0 Å². The van der Waals surface area contributed by atoms with Crippen molar-refractivity contribution in [2.24, 2.45) is 0 Å². The topological polar surface area (TPSA) is 148 Å². The molecule has 0 bridgehead atoms. The molecule has 0 N–H and O–H groups in total. The van der Waals surface area contributed by atoms with Crippen molar-refractivity contribution in [1.29, 1.82) is 0 Å². The molecule has 0 aliphatic heterocycles. The van der Waals surface area contributed by atoms with Crippen molar-refractivity contribution >= 4 is 72.2 Å². The van der Waals surface area contributed by atoms with Gasteiger partial charge in [0.05, 0.1) is 0 Å². The van der Waals surface area contributed by atoms with Crippen LogP contribution in [0.25, 0.3) is 22.1 Å². The number of hydrogen-bond donors (Lipinski definition) is 0. The Morgan fingerprint density at radius 3 is 1.22 bits per heavy atom. The van der Waals surface area contributed by atoms with Crippen molar-refractivity contribution < 1.29 is 59.4 Å². The third-order valence-corrected chi connectivity index (χ3v) is 8.57. The van der Waals surface area contributed by atoms with Crippen LogP contribution in [0.3, 0.4) is 0 Å². The molecule has 2 aromatic heterocycles. The summed E-state index contributed by atoms with van der Waals surface area (Å²) in [6, 6.07) is 16.8. The average Bonchev–Trinajstić information content (AvgIpc) is 3.34. The minimum atomic E-state index is -6.09. The minimum absolute atomic E-state index is 0.201. The fraction of sp³-hybridized carbons (Fsp3) is 0.250. The summed E-state index contributed by atoms with van der Waals surface area (Å²) in [5, 5.41) is 0. The molecule has 198 valence electrons. The number of rotatable bonds is 3. The number of aryl methyl sites for hydroxylation is 2. The molecule has 0 atom stereocenters. The van der Waals surface area contributed by atoms with Crippen LogP contribution >= 0.6 is 0 Å². The normalized spacial score (nSPS) is 12.6. The van der Waals surface area contributed by atoms with Crippen LogP contribution in [0.4, 0.5) is 26.3 Å². The third kappa shape index (κ3) is 8.31. The molecule has 0 amide bonds. The van der Waals surface area contributed by atoms with Gasteiger partial charge in [0.1, 0.15) is 0 Å². The quantitative estimate of drug-likeness (QED) is 0.129. The molecule has 0 aliphatic carbocycles. The van der Waals surface area contributed by atoms with Crippen LogP contribution in [0, 0.1) is 0 Å². The number of aromatic nitrogens is 4. The first kappa shape index (κ1) is 30.3. The number of para-hydroxylation sites is 2. The number of alkyl halides is 6. The van der Waals surface area contributed by atoms with Gasteiger partial charge in [-0.25, -0.2) is 16.8 Å². The van der Waals surface area contributed by atoms with E-state index in [9.17, 15) is 26.3 Å². The third-order valence-electron chi connectivity index (χ3n) is 3.85. The molecule has 2 heterocycles. The van der Waals surface area contributed by atoms with Crippen molar-refractivity contribution in [2.45, 2.75) is 24.1 Å². The summed E-state index contributed by atoms with van der Waals surface area (Å²) in [6.07, 6.45) is 0. The Kier molecular flexibility index (Phi) is 9.80. The Labute approximate surface area is 211 Å². The van der Waals surface area contributed by atoms with Crippen LogP contribution in [0.5, 0.6) is 0 Å². The van der Waals surface area contributed by atoms with E-state index in [1.807, 2.05) is 0 Å². The second kappa shape index (κ2) is 11.6. The van der Waals surface area contributed by atoms with Gasteiger partial charge in [-0.1, -0.05) is 0 Å². The number of fused-ring (bicyclic) bond motifs is 2. The van der Waals surface area contributed by atoms with E-state index in [0.29, 0.717) is 0 Å². The molecule has 0 radical (unpaired) electrons. The van der Waals surface area contributed by atoms with E-state index in [-0.39, 0.29) is 29.9 Å². The van der Waals surface area contributed by atoms with Crippen molar-refractivity contribution in [3.8, 4) is 0 Å². The maximum absolute atomic E-state index is 10.7. The van der Waals surface area contributed by atoms with Gasteiger partial charge in [-0.3, -0.25) is 0 Å². The first-order valence-electron chi connectivity index (χ1n) is 8.95. The Morgan fingerprint density at radius 1 is 0.667 bits per heavy atom. The van der Waals surface area contributed by atoms with Gasteiger partial charge >= 0.3 is 140 Å². The second-order valence-electron chi connectivity index (χ2n) is 6.33. The summed E-state index contributed by atoms with van der Waals surface area (Å²) in [4.78, 5) is 0. The first-order valence-corrected chi connectivity index (χ1v) is 14.8. The molecule has 0 unspecified atom stereocenters. The molecule has 0 fully saturated rings. The fourth-order valence-corrected chi connectivity index (χ4v) is 5.42. The van der Waals surface area contributed by atoms with Gasteiger partial charge in [-0.15, -0.1) is 0 Å². The molecular weight excluding hydrogens is 680 g/mol. The summed E-state index contributed by atoms with van der Waals surface area (Å²) in [7, 11) is -12.2. The predicted octanol–water partition coefficient (Wildman–Crippen LogP) is 0.275. The van der Waals surface area contributed by atoms with Crippen molar-refractivity contribution in [3.05, 3.63) is 48.5 Å². The second-order valence-corrected chi connectivity index (χ2v) is 12.4. The molecular formula is C16H12F6N4O6S2Se2. The van der Waals surface area contributed by atoms with Crippen LogP contribution in [-0.4, -0.2) is 74.8 Å². The average molecular weight is 692 g/mol. The molecule has 4 rings (SSSR count). The van der Waals surface area contributed by atoms with Gasteiger partial charge in [-0.05, 0) is 0 Å². The number of nitrogens with zero attached hydrogens (tertiary/aromatic N) is 4. The molecule has 2 aromatic carbocycles. The van der Waals surface area contributed by atoms with E-state index in [0.717, 1.165) is 24.1 Å². The van der Waals surface area contributed by atoms with E-state index in [2.05, 4.69) is 63.6 Å². The van der Waals surface area contributed by atoms with Crippen LogP contribution < -0.4 is 7.12 Å². The van der Waals surface area contributed by atoms with Gasteiger partial charge in [-0.2, -0.15) is 26.3 Å². The summed E-state index contributed by atoms with van der Waals surface area (Å²) in [5.74, 6) is 0. The molecule has 20 heteroatoms. The zero-order valence-corrected chi connectivity index (χ0v) is 22.2. The van der Waals surface area contributed by atoms with Crippen LogP contribution in [0.15, 0.2) is 48.5 Å². The standard InChI is InChI=1S/C14H12N4Se2.2CHF3O3S/c1-3-7-13-11(5-1)15-19-17(13)9-10-18-14-8-4-2-6-12(14)16-20-18;2*2-1(3,4)8(5,6)7/h1-8H,9-10H2;2*(H,5,6,7)/q+2;;/p-2. The van der Waals surface area contributed by atoms with Crippen LogP contribution in [-0.2, 0) is 33.3 Å². The van der Waals surface area contributed by atoms with Crippen molar-refractivity contribution in [2.75, 3.05) is 0 Å². The molecule has 0 saturated heterocycles. The van der Waals surface area contributed by atoms with Gasteiger partial charge < -0.3 is 9.11 Å². The van der Waals surface area contributed by atoms with Crippen LogP contribution in [0.2, 0.25) is 0 Å². The van der Waals surface area contributed by atoms with Crippen LogP contribution in [0.1, 0.15) is 0 Å². The molecule has 36 heavy (non-hydrogen) atoms. The van der Waals surface area contributed by atoms with E-state index in [4.69, 9.17) is 25.9 Å². The Bertz CT molecular complexity index is 1420. The van der Waals surface area contributed by atoms with Crippen molar-refractivity contribution in [1.82, 2.24) is 7.96 Å². The fourth-order valence-electron chi connectivity index (χ4n) is 2.28. The Hall–Kier alpha value is -1.92. The summed E-state index contributed by atoms with van der Waals surface area (Å²) in [5.41, 5.74) is -6.44. The zero-order valence-electron chi connectivity index (χ0n) is 17.2. The molecule has 0 aliphatic rings. The van der Waals surface area contributed by atoms with E-state index in [1.165, 1.54) is 11.0 Å².